The summed E-state index contributed by atoms with van der Waals surface area (Å²) < 4.78 is 1.94. The van der Waals surface area contributed by atoms with Crippen LogP contribution in [0.15, 0.2) is 24.4 Å². The van der Waals surface area contributed by atoms with Crippen LogP contribution in [0.2, 0.25) is 0 Å². The van der Waals surface area contributed by atoms with Crippen LogP contribution in [-0.4, -0.2) is 9.61 Å². The first-order chi connectivity index (χ1) is 5.83. The van der Waals surface area contributed by atoms with Crippen molar-refractivity contribution in [1.82, 2.24) is 9.61 Å². The Labute approximate surface area is 71.8 Å². The molecular formula is C10H12N2. The molecule has 0 atom stereocenters. The zero-order chi connectivity index (χ0) is 8.55. The van der Waals surface area contributed by atoms with E-state index >= 15 is 0 Å². The fraction of sp³-hybridized carbons (Fsp3) is 0.300. The van der Waals surface area contributed by atoms with Crippen molar-refractivity contribution >= 4 is 5.52 Å². The quantitative estimate of drug-likeness (QED) is 0.625. The average molecular weight is 160 g/mol. The third kappa shape index (κ3) is 0.916. The van der Waals surface area contributed by atoms with E-state index in [9.17, 15) is 0 Å². The molecule has 0 radical (unpaired) electrons. The molecule has 2 heteroatoms. The van der Waals surface area contributed by atoms with Gasteiger partial charge in [-0.2, -0.15) is 5.10 Å². The summed E-state index contributed by atoms with van der Waals surface area (Å²) in [6, 6.07) is 6.14. The molecule has 0 aliphatic carbocycles. The van der Waals surface area contributed by atoms with Gasteiger partial charge in [-0.05, 0) is 31.0 Å². The summed E-state index contributed by atoms with van der Waals surface area (Å²) in [5.41, 5.74) is 3.72. The SMILES string of the molecule is CCc1nn2ccccc2c1C. The van der Waals surface area contributed by atoms with Gasteiger partial charge in [-0.15, -0.1) is 0 Å². The number of fused-ring (bicyclic) bond motifs is 1. The summed E-state index contributed by atoms with van der Waals surface area (Å²) in [4.78, 5) is 0. The molecule has 62 valence electrons. The number of rotatable bonds is 1. The van der Waals surface area contributed by atoms with Crippen molar-refractivity contribution in [1.29, 1.82) is 0 Å². The highest BCUT2D eigenvalue weighted by Crippen LogP contribution is 2.13. The Balaban J connectivity index is 2.78. The van der Waals surface area contributed by atoms with Crippen molar-refractivity contribution in [3.63, 3.8) is 0 Å². The van der Waals surface area contributed by atoms with Gasteiger partial charge in [0.1, 0.15) is 0 Å². The lowest BCUT2D eigenvalue weighted by atomic mass is 10.2. The highest BCUT2D eigenvalue weighted by Gasteiger charge is 2.04. The number of nitrogens with zero attached hydrogens (tertiary/aromatic N) is 2. The second-order valence-corrected chi connectivity index (χ2v) is 2.96. The van der Waals surface area contributed by atoms with Gasteiger partial charge in [0.05, 0.1) is 11.2 Å². The van der Waals surface area contributed by atoms with Gasteiger partial charge in [0.25, 0.3) is 0 Å². The Morgan fingerprint density at radius 3 is 2.92 bits per heavy atom. The van der Waals surface area contributed by atoms with Gasteiger partial charge < -0.3 is 0 Å². The van der Waals surface area contributed by atoms with Gasteiger partial charge in [-0.1, -0.05) is 13.0 Å². The number of hydrogen-bond acceptors (Lipinski definition) is 1. The van der Waals surface area contributed by atoms with Gasteiger partial charge >= 0.3 is 0 Å². The second kappa shape index (κ2) is 2.63. The molecule has 2 nitrogen and oxygen atoms in total. The van der Waals surface area contributed by atoms with Gasteiger partial charge in [-0.25, -0.2) is 4.52 Å². The average Bonchev–Trinajstić information content (AvgIpc) is 2.44. The van der Waals surface area contributed by atoms with E-state index in [1.165, 1.54) is 16.8 Å². The zero-order valence-corrected chi connectivity index (χ0v) is 7.41. The lowest BCUT2D eigenvalue weighted by Gasteiger charge is -1.90. The summed E-state index contributed by atoms with van der Waals surface area (Å²) in [6.45, 7) is 4.26. The summed E-state index contributed by atoms with van der Waals surface area (Å²) in [7, 11) is 0. The molecule has 0 aliphatic heterocycles. The van der Waals surface area contributed by atoms with Crippen LogP contribution in [-0.2, 0) is 6.42 Å². The van der Waals surface area contributed by atoms with Gasteiger partial charge in [0.2, 0.25) is 0 Å². The standard InChI is InChI=1S/C10H12N2/c1-3-9-8(2)10-6-4-5-7-12(10)11-9/h4-7H,3H2,1-2H3. The molecule has 0 saturated carbocycles. The van der Waals surface area contributed by atoms with E-state index in [1.54, 1.807) is 0 Å². The highest BCUT2D eigenvalue weighted by molar-refractivity contribution is 5.55. The van der Waals surface area contributed by atoms with Crippen molar-refractivity contribution < 1.29 is 0 Å². The van der Waals surface area contributed by atoms with Gasteiger partial charge in [0, 0.05) is 6.20 Å². The van der Waals surface area contributed by atoms with E-state index in [4.69, 9.17) is 0 Å². The predicted molar refractivity (Wildman–Crippen MR) is 49.3 cm³/mol. The molecule has 2 aromatic rings. The molecule has 0 unspecified atom stereocenters. The van der Waals surface area contributed by atoms with E-state index in [-0.39, 0.29) is 0 Å². The monoisotopic (exact) mass is 160 g/mol. The minimum absolute atomic E-state index is 1.01. The van der Waals surface area contributed by atoms with Crippen molar-refractivity contribution in [3.8, 4) is 0 Å². The van der Waals surface area contributed by atoms with Crippen LogP contribution < -0.4 is 0 Å². The Bertz CT molecular complexity index is 401. The Morgan fingerprint density at radius 2 is 2.25 bits per heavy atom. The van der Waals surface area contributed by atoms with Crippen LogP contribution in [0.4, 0.5) is 0 Å². The van der Waals surface area contributed by atoms with Crippen LogP contribution in [0.25, 0.3) is 5.52 Å². The normalized spacial score (nSPS) is 10.8. The Hall–Kier alpha value is -1.31. The summed E-state index contributed by atoms with van der Waals surface area (Å²) in [5, 5.41) is 4.45. The van der Waals surface area contributed by atoms with Crippen LogP contribution in [0.3, 0.4) is 0 Å². The molecule has 0 N–H and O–H groups in total. The number of aryl methyl sites for hydroxylation is 2. The van der Waals surface area contributed by atoms with Crippen molar-refractivity contribution in [2.24, 2.45) is 0 Å². The van der Waals surface area contributed by atoms with Crippen LogP contribution in [0.1, 0.15) is 18.2 Å². The Kier molecular flexibility index (Phi) is 1.61. The van der Waals surface area contributed by atoms with Crippen molar-refractivity contribution in [2.75, 3.05) is 0 Å². The molecular weight excluding hydrogens is 148 g/mol. The lowest BCUT2D eigenvalue weighted by molar-refractivity contribution is 0.895. The van der Waals surface area contributed by atoms with E-state index in [1.807, 2.05) is 22.8 Å². The summed E-state index contributed by atoms with van der Waals surface area (Å²) in [5.74, 6) is 0. The molecule has 0 amide bonds. The van der Waals surface area contributed by atoms with E-state index in [0.717, 1.165) is 6.42 Å². The van der Waals surface area contributed by atoms with Gasteiger partial charge in [0.15, 0.2) is 0 Å². The maximum atomic E-state index is 4.45. The molecule has 2 heterocycles. The van der Waals surface area contributed by atoms with Crippen LogP contribution >= 0.6 is 0 Å². The fourth-order valence-electron chi connectivity index (χ4n) is 1.51. The third-order valence-corrected chi connectivity index (χ3v) is 2.22. The third-order valence-electron chi connectivity index (χ3n) is 2.22. The van der Waals surface area contributed by atoms with E-state index < -0.39 is 0 Å². The molecule has 0 saturated heterocycles. The van der Waals surface area contributed by atoms with Gasteiger partial charge in [-0.3, -0.25) is 0 Å². The zero-order valence-electron chi connectivity index (χ0n) is 7.41. The molecule has 2 rings (SSSR count). The number of pyridine rings is 1. The minimum Gasteiger partial charge on any atom is -0.240 e. The first kappa shape index (κ1) is 7.35. The van der Waals surface area contributed by atoms with Crippen molar-refractivity contribution in [3.05, 3.63) is 35.7 Å². The van der Waals surface area contributed by atoms with E-state index in [2.05, 4.69) is 25.0 Å². The maximum Gasteiger partial charge on any atom is 0.0693 e. The molecule has 0 spiro atoms. The smallest absolute Gasteiger partial charge is 0.0693 e. The minimum atomic E-state index is 1.01. The molecule has 0 bridgehead atoms. The fourth-order valence-corrected chi connectivity index (χ4v) is 1.51. The largest absolute Gasteiger partial charge is 0.240 e. The predicted octanol–water partition coefficient (Wildman–Crippen LogP) is 2.21. The van der Waals surface area contributed by atoms with Crippen molar-refractivity contribution in [2.45, 2.75) is 20.3 Å². The first-order valence-corrected chi connectivity index (χ1v) is 4.25. The maximum absolute atomic E-state index is 4.45. The topological polar surface area (TPSA) is 17.3 Å². The van der Waals surface area contributed by atoms with Crippen LogP contribution in [0, 0.1) is 6.92 Å². The van der Waals surface area contributed by atoms with E-state index in [0.29, 0.717) is 0 Å². The molecule has 0 aromatic carbocycles. The summed E-state index contributed by atoms with van der Waals surface area (Å²) >= 11 is 0. The molecule has 12 heavy (non-hydrogen) atoms. The number of hydrogen-bond donors (Lipinski definition) is 0. The molecule has 0 aliphatic rings. The summed E-state index contributed by atoms with van der Waals surface area (Å²) in [6.07, 6.45) is 3.00. The number of aromatic nitrogens is 2. The lowest BCUT2D eigenvalue weighted by Crippen LogP contribution is -1.85. The second-order valence-electron chi connectivity index (χ2n) is 2.96. The Morgan fingerprint density at radius 1 is 1.42 bits per heavy atom. The molecule has 2 aromatic heterocycles. The van der Waals surface area contributed by atoms with Crippen LogP contribution in [0.5, 0.6) is 0 Å². The highest BCUT2D eigenvalue weighted by atomic mass is 15.2. The first-order valence-electron chi connectivity index (χ1n) is 4.25. The molecule has 0 fully saturated rings.